The Bertz CT molecular complexity index is 1470. The van der Waals surface area contributed by atoms with E-state index in [-0.39, 0.29) is 23.4 Å². The Hall–Kier alpha value is -3.44. The third-order valence-corrected chi connectivity index (χ3v) is 9.56. The van der Waals surface area contributed by atoms with Crippen LogP contribution in [0.4, 0.5) is 23.2 Å². The van der Waals surface area contributed by atoms with Gasteiger partial charge in [-0.05, 0) is 85.4 Å². The van der Waals surface area contributed by atoms with Crippen LogP contribution in [0.2, 0.25) is 0 Å². The van der Waals surface area contributed by atoms with E-state index in [1.807, 2.05) is 12.1 Å². The minimum absolute atomic E-state index is 0.0487. The molecule has 3 saturated carbocycles. The number of allylic oxidation sites excluding steroid dienone is 1. The fourth-order valence-corrected chi connectivity index (χ4v) is 7.24. The summed E-state index contributed by atoms with van der Waals surface area (Å²) < 4.78 is 64.8. The topological polar surface area (TPSA) is 79.9 Å². The summed E-state index contributed by atoms with van der Waals surface area (Å²) in [5, 5.41) is 5.75. The van der Waals surface area contributed by atoms with Crippen LogP contribution >= 0.6 is 0 Å². The molecule has 6 rings (SSSR count). The van der Waals surface area contributed by atoms with Crippen molar-refractivity contribution in [2.45, 2.75) is 50.9 Å². The number of methoxy groups -OCH3 is 2. The standard InChI is InChI=1S/C33H37F4N3O4/c1-43-12-11-40-10-9-19-15-28(44-2)25(14-20(19)17-40)31(41)39-30-23-7-6-22(24(23)13-18-3-4-18)29(30)32(42)38-21-5-8-27(34)26(16-21)33(35,36)37/h5,8,13-16,18,22-23,29-30H,3-4,6-7,9-12,17H2,1-2H3,(H,38,42)(H,39,41)/b24-13-/t22?,23?,29-,30+/m0/s1. The zero-order valence-electron chi connectivity index (χ0n) is 24.8. The molecule has 4 atom stereocenters. The second-order valence-corrected chi connectivity index (χ2v) is 12.3. The van der Waals surface area contributed by atoms with Gasteiger partial charge in [-0.1, -0.05) is 11.6 Å². The van der Waals surface area contributed by atoms with E-state index in [0.717, 1.165) is 68.0 Å². The predicted molar refractivity (Wildman–Crippen MR) is 156 cm³/mol. The summed E-state index contributed by atoms with van der Waals surface area (Å²) in [5.74, 6) is -2.21. The average Bonchev–Trinajstić information content (AvgIpc) is 3.67. The van der Waals surface area contributed by atoms with E-state index < -0.39 is 35.4 Å². The number of carbonyl (C=O) groups is 2. The zero-order valence-corrected chi connectivity index (χ0v) is 24.8. The number of nitrogens with one attached hydrogen (secondary N) is 2. The van der Waals surface area contributed by atoms with Crippen LogP contribution in [-0.4, -0.2) is 56.7 Å². The van der Waals surface area contributed by atoms with Crippen LogP contribution in [0, 0.1) is 29.5 Å². The van der Waals surface area contributed by atoms with E-state index in [0.29, 0.717) is 42.5 Å². The Labute approximate surface area is 254 Å². The molecule has 1 heterocycles. The second kappa shape index (κ2) is 12.2. The monoisotopic (exact) mass is 615 g/mol. The Balaban J connectivity index is 1.27. The molecule has 0 spiro atoms. The number of carbonyl (C=O) groups excluding carboxylic acids is 2. The third-order valence-electron chi connectivity index (χ3n) is 9.56. The summed E-state index contributed by atoms with van der Waals surface area (Å²) in [5.41, 5.74) is 2.10. The maximum absolute atomic E-state index is 13.9. The molecule has 0 saturated heterocycles. The van der Waals surface area contributed by atoms with Crippen LogP contribution in [-0.2, 0) is 28.7 Å². The maximum atomic E-state index is 13.9. The van der Waals surface area contributed by atoms with Gasteiger partial charge in [0.1, 0.15) is 11.6 Å². The van der Waals surface area contributed by atoms with Crippen molar-refractivity contribution in [1.29, 1.82) is 0 Å². The molecule has 11 heteroatoms. The highest BCUT2D eigenvalue weighted by Gasteiger charge is 2.55. The van der Waals surface area contributed by atoms with Crippen molar-refractivity contribution in [3.05, 3.63) is 70.1 Å². The number of halogens is 4. The number of fused-ring (bicyclic) bond motifs is 3. The van der Waals surface area contributed by atoms with Gasteiger partial charge in [-0.3, -0.25) is 14.5 Å². The number of nitrogens with zero attached hydrogens (tertiary/aromatic N) is 1. The van der Waals surface area contributed by atoms with Crippen LogP contribution in [0.1, 0.15) is 52.7 Å². The van der Waals surface area contributed by atoms with Gasteiger partial charge in [0.25, 0.3) is 5.91 Å². The van der Waals surface area contributed by atoms with E-state index in [9.17, 15) is 27.2 Å². The van der Waals surface area contributed by atoms with Gasteiger partial charge in [-0.25, -0.2) is 4.39 Å². The van der Waals surface area contributed by atoms with Gasteiger partial charge in [0.15, 0.2) is 0 Å². The smallest absolute Gasteiger partial charge is 0.419 e. The summed E-state index contributed by atoms with van der Waals surface area (Å²) in [6.45, 7) is 2.94. The number of hydrogen-bond donors (Lipinski definition) is 2. The van der Waals surface area contributed by atoms with Gasteiger partial charge >= 0.3 is 6.18 Å². The van der Waals surface area contributed by atoms with Crippen LogP contribution in [0.5, 0.6) is 5.75 Å². The van der Waals surface area contributed by atoms with Crippen LogP contribution in [0.15, 0.2) is 42.0 Å². The Morgan fingerprint density at radius 1 is 1.05 bits per heavy atom. The highest BCUT2D eigenvalue weighted by molar-refractivity contribution is 5.99. The highest BCUT2D eigenvalue weighted by atomic mass is 19.4. The second-order valence-electron chi connectivity index (χ2n) is 12.3. The first-order chi connectivity index (χ1) is 21.1. The normalized spacial score (nSPS) is 25.6. The number of amides is 2. The molecule has 4 aliphatic rings. The van der Waals surface area contributed by atoms with Crippen LogP contribution in [0.25, 0.3) is 0 Å². The molecule has 2 bridgehead atoms. The first-order valence-electron chi connectivity index (χ1n) is 15.2. The van der Waals surface area contributed by atoms with Crippen molar-refractivity contribution in [3.63, 3.8) is 0 Å². The minimum atomic E-state index is -4.90. The van der Waals surface area contributed by atoms with Gasteiger partial charge in [0.05, 0.1) is 30.8 Å². The van der Waals surface area contributed by atoms with Crippen LogP contribution in [0.3, 0.4) is 0 Å². The van der Waals surface area contributed by atoms with E-state index >= 15 is 0 Å². The summed E-state index contributed by atoms with van der Waals surface area (Å²) >= 11 is 0. The van der Waals surface area contributed by atoms with Gasteiger partial charge in [0.2, 0.25) is 5.91 Å². The van der Waals surface area contributed by atoms with Crippen molar-refractivity contribution < 1.29 is 36.6 Å². The summed E-state index contributed by atoms with van der Waals surface area (Å²) in [4.78, 5) is 29.9. The first kappa shape index (κ1) is 30.6. The molecule has 2 unspecified atom stereocenters. The summed E-state index contributed by atoms with van der Waals surface area (Å²) in [6, 6.07) is 5.67. The quantitative estimate of drug-likeness (QED) is 0.284. The van der Waals surface area contributed by atoms with Gasteiger partial charge < -0.3 is 20.1 Å². The number of rotatable bonds is 9. The lowest BCUT2D eigenvalue weighted by molar-refractivity contribution is -0.140. The van der Waals surface area contributed by atoms with Crippen LogP contribution < -0.4 is 15.4 Å². The lowest BCUT2D eigenvalue weighted by Crippen LogP contribution is -2.48. The van der Waals surface area contributed by atoms with Gasteiger partial charge in [-0.15, -0.1) is 0 Å². The lowest BCUT2D eigenvalue weighted by atomic mass is 9.83. The molecule has 7 nitrogen and oxygen atoms in total. The highest BCUT2D eigenvalue weighted by Crippen LogP contribution is 2.54. The Morgan fingerprint density at radius 2 is 1.82 bits per heavy atom. The number of benzene rings is 2. The molecule has 2 aromatic rings. The van der Waals surface area contributed by atoms with E-state index in [1.165, 1.54) is 7.11 Å². The minimum Gasteiger partial charge on any atom is -0.496 e. The molecule has 2 aromatic carbocycles. The molecular weight excluding hydrogens is 578 g/mol. The average molecular weight is 616 g/mol. The number of hydrogen-bond acceptors (Lipinski definition) is 5. The first-order valence-corrected chi connectivity index (χ1v) is 15.2. The predicted octanol–water partition coefficient (Wildman–Crippen LogP) is 5.59. The maximum Gasteiger partial charge on any atom is 0.419 e. The number of ether oxygens (including phenoxy) is 2. The van der Waals surface area contributed by atoms with E-state index in [2.05, 4.69) is 21.6 Å². The summed E-state index contributed by atoms with van der Waals surface area (Å²) in [6.07, 6.45) is 1.89. The number of alkyl halides is 3. The third kappa shape index (κ3) is 6.08. The van der Waals surface area contributed by atoms with Crippen molar-refractivity contribution in [2.75, 3.05) is 39.2 Å². The summed E-state index contributed by atoms with van der Waals surface area (Å²) in [7, 11) is 3.19. The molecule has 2 N–H and O–H groups in total. The Kier molecular flexibility index (Phi) is 8.45. The molecule has 3 fully saturated rings. The van der Waals surface area contributed by atoms with Gasteiger partial charge in [0, 0.05) is 44.4 Å². The van der Waals surface area contributed by atoms with Gasteiger partial charge in [-0.2, -0.15) is 13.2 Å². The lowest BCUT2D eigenvalue weighted by Gasteiger charge is -2.31. The molecule has 2 amide bonds. The SMILES string of the molecule is COCCN1CCc2cc(OC)c(C(=O)N[C@@H]3C4CCC(/C4=C/C4CC4)[C@@H]3C(=O)Nc3ccc(F)c(C(F)(F)F)c3)cc2C1. The molecular formula is C33H37F4N3O4. The molecule has 44 heavy (non-hydrogen) atoms. The molecule has 0 radical (unpaired) electrons. The van der Waals surface area contributed by atoms with E-state index in [1.54, 1.807) is 7.11 Å². The van der Waals surface area contributed by atoms with Crippen molar-refractivity contribution >= 4 is 17.5 Å². The fraction of sp³-hybridized carbons (Fsp3) is 0.515. The van der Waals surface area contributed by atoms with E-state index in [4.69, 9.17) is 9.47 Å². The fourth-order valence-electron chi connectivity index (χ4n) is 7.24. The zero-order chi connectivity index (χ0) is 31.2. The molecule has 0 aromatic heterocycles. The molecule has 1 aliphatic heterocycles. The van der Waals surface area contributed by atoms with Crippen molar-refractivity contribution in [1.82, 2.24) is 10.2 Å². The van der Waals surface area contributed by atoms with Crippen molar-refractivity contribution in [2.24, 2.45) is 23.7 Å². The molecule has 236 valence electrons. The van der Waals surface area contributed by atoms with Crippen molar-refractivity contribution in [3.8, 4) is 5.75 Å². The molecule has 3 aliphatic carbocycles. The largest absolute Gasteiger partial charge is 0.496 e. The Morgan fingerprint density at radius 3 is 2.52 bits per heavy atom. The number of anilines is 1.